The van der Waals surface area contributed by atoms with E-state index in [1.807, 2.05) is 29.1 Å². The van der Waals surface area contributed by atoms with Crippen LogP contribution in [0.4, 0.5) is 0 Å². The zero-order chi connectivity index (χ0) is 14.8. The number of para-hydroxylation sites is 1. The van der Waals surface area contributed by atoms with Crippen molar-refractivity contribution in [3.8, 4) is 0 Å². The van der Waals surface area contributed by atoms with E-state index in [0.29, 0.717) is 0 Å². The van der Waals surface area contributed by atoms with Crippen molar-refractivity contribution < 1.29 is 4.79 Å². The van der Waals surface area contributed by atoms with E-state index < -0.39 is 0 Å². The Balaban J connectivity index is 2.06. The predicted octanol–water partition coefficient (Wildman–Crippen LogP) is 3.28. The van der Waals surface area contributed by atoms with Crippen LogP contribution in [-0.4, -0.2) is 20.6 Å². The normalized spacial score (nSPS) is 11.1. The molecule has 0 bridgehead atoms. The van der Waals surface area contributed by atoms with Crippen LogP contribution < -0.4 is 0 Å². The molecule has 2 aromatic heterocycles. The molecule has 2 heterocycles. The van der Waals surface area contributed by atoms with E-state index in [1.54, 1.807) is 0 Å². The number of aldehydes is 1. The monoisotopic (exact) mass is 281 g/mol. The standard InChI is InChI=1S/C17H19N3O/c1-3-15-10-16(20(4-2)18-15)11-19-9-8-13-6-5-7-14(12-21)17(13)19/h5-10,12H,3-4,11H2,1-2H3. The molecule has 3 aromatic rings. The van der Waals surface area contributed by atoms with Crippen LogP contribution >= 0.6 is 0 Å². The molecule has 0 fully saturated rings. The van der Waals surface area contributed by atoms with Gasteiger partial charge >= 0.3 is 0 Å². The minimum atomic E-state index is 0.731. The third kappa shape index (κ3) is 2.37. The molecule has 4 heteroatoms. The second-order valence-corrected chi connectivity index (χ2v) is 5.14. The van der Waals surface area contributed by atoms with Gasteiger partial charge in [-0.05, 0) is 31.5 Å². The Kier molecular flexibility index (Phi) is 3.60. The number of aromatic nitrogens is 3. The zero-order valence-corrected chi connectivity index (χ0v) is 12.4. The summed E-state index contributed by atoms with van der Waals surface area (Å²) in [6.45, 7) is 5.80. The Hall–Kier alpha value is -2.36. The predicted molar refractivity (Wildman–Crippen MR) is 83.7 cm³/mol. The van der Waals surface area contributed by atoms with Gasteiger partial charge in [0.25, 0.3) is 0 Å². The fourth-order valence-electron chi connectivity index (χ4n) is 2.78. The van der Waals surface area contributed by atoms with Crippen molar-refractivity contribution in [3.63, 3.8) is 0 Å². The van der Waals surface area contributed by atoms with Gasteiger partial charge in [-0.15, -0.1) is 0 Å². The molecule has 0 aliphatic carbocycles. The summed E-state index contributed by atoms with van der Waals surface area (Å²) in [6, 6.07) is 10.0. The van der Waals surface area contributed by atoms with Gasteiger partial charge < -0.3 is 4.57 Å². The molecule has 0 atom stereocenters. The van der Waals surface area contributed by atoms with E-state index in [4.69, 9.17) is 0 Å². The molecule has 0 saturated carbocycles. The molecule has 0 aliphatic heterocycles. The number of nitrogens with zero attached hydrogens (tertiary/aromatic N) is 3. The minimum Gasteiger partial charge on any atom is -0.341 e. The molecule has 0 saturated heterocycles. The lowest BCUT2D eigenvalue weighted by atomic mass is 10.1. The first-order chi connectivity index (χ1) is 10.3. The Morgan fingerprint density at radius 1 is 1.24 bits per heavy atom. The number of aryl methyl sites for hydroxylation is 2. The Labute approximate surface area is 124 Å². The maximum Gasteiger partial charge on any atom is 0.152 e. The van der Waals surface area contributed by atoms with Crippen molar-refractivity contribution in [2.24, 2.45) is 0 Å². The summed E-state index contributed by atoms with van der Waals surface area (Å²) in [4.78, 5) is 11.3. The molecule has 108 valence electrons. The number of hydrogen-bond acceptors (Lipinski definition) is 2. The molecule has 0 unspecified atom stereocenters. The summed E-state index contributed by atoms with van der Waals surface area (Å²) in [5.74, 6) is 0. The molecule has 0 N–H and O–H groups in total. The van der Waals surface area contributed by atoms with Gasteiger partial charge in [0.1, 0.15) is 0 Å². The third-order valence-electron chi connectivity index (χ3n) is 3.85. The van der Waals surface area contributed by atoms with E-state index in [9.17, 15) is 4.79 Å². The average Bonchev–Trinajstić information content (AvgIpc) is 3.11. The van der Waals surface area contributed by atoms with E-state index in [1.165, 1.54) is 5.69 Å². The van der Waals surface area contributed by atoms with Gasteiger partial charge in [-0.25, -0.2) is 0 Å². The topological polar surface area (TPSA) is 39.8 Å². The fourth-order valence-corrected chi connectivity index (χ4v) is 2.78. The van der Waals surface area contributed by atoms with Crippen molar-refractivity contribution in [1.29, 1.82) is 0 Å². The van der Waals surface area contributed by atoms with Crippen molar-refractivity contribution >= 4 is 17.2 Å². The minimum absolute atomic E-state index is 0.731. The quantitative estimate of drug-likeness (QED) is 0.673. The van der Waals surface area contributed by atoms with E-state index >= 15 is 0 Å². The number of fused-ring (bicyclic) bond motifs is 1. The average molecular weight is 281 g/mol. The molecule has 1 aromatic carbocycles. The highest BCUT2D eigenvalue weighted by atomic mass is 16.1. The number of benzene rings is 1. The van der Waals surface area contributed by atoms with Crippen LogP contribution in [0.25, 0.3) is 10.9 Å². The van der Waals surface area contributed by atoms with Crippen molar-refractivity contribution in [2.45, 2.75) is 33.4 Å². The lowest BCUT2D eigenvalue weighted by Crippen LogP contribution is -2.07. The van der Waals surface area contributed by atoms with E-state index in [-0.39, 0.29) is 0 Å². The summed E-state index contributed by atoms with van der Waals surface area (Å²) < 4.78 is 4.16. The van der Waals surface area contributed by atoms with Gasteiger partial charge in [0.15, 0.2) is 6.29 Å². The Bertz CT molecular complexity index is 783. The van der Waals surface area contributed by atoms with Crippen LogP contribution in [0.2, 0.25) is 0 Å². The van der Waals surface area contributed by atoms with E-state index in [2.05, 4.69) is 35.6 Å². The maximum atomic E-state index is 11.3. The summed E-state index contributed by atoms with van der Waals surface area (Å²) in [6.07, 6.45) is 3.90. The van der Waals surface area contributed by atoms with Crippen molar-refractivity contribution in [2.75, 3.05) is 0 Å². The van der Waals surface area contributed by atoms with Gasteiger partial charge in [0.2, 0.25) is 0 Å². The van der Waals surface area contributed by atoms with E-state index in [0.717, 1.165) is 48.0 Å². The first-order valence-corrected chi connectivity index (χ1v) is 7.35. The molecular formula is C17H19N3O. The number of rotatable bonds is 5. The van der Waals surface area contributed by atoms with Crippen molar-refractivity contribution in [1.82, 2.24) is 14.3 Å². The van der Waals surface area contributed by atoms with Crippen LogP contribution in [0, 0.1) is 0 Å². The smallest absolute Gasteiger partial charge is 0.152 e. The molecule has 21 heavy (non-hydrogen) atoms. The summed E-state index contributed by atoms with van der Waals surface area (Å²) >= 11 is 0. The van der Waals surface area contributed by atoms with Gasteiger partial charge in [-0.3, -0.25) is 9.48 Å². The highest BCUT2D eigenvalue weighted by Gasteiger charge is 2.10. The molecule has 0 radical (unpaired) electrons. The summed E-state index contributed by atoms with van der Waals surface area (Å²) in [5.41, 5.74) is 4.01. The van der Waals surface area contributed by atoms with Crippen LogP contribution in [0.3, 0.4) is 0 Å². The summed E-state index contributed by atoms with van der Waals surface area (Å²) in [7, 11) is 0. The molecule has 4 nitrogen and oxygen atoms in total. The summed E-state index contributed by atoms with van der Waals surface area (Å²) in [5, 5.41) is 5.68. The van der Waals surface area contributed by atoms with Gasteiger partial charge in [-0.1, -0.05) is 19.1 Å². The number of hydrogen-bond donors (Lipinski definition) is 0. The highest BCUT2D eigenvalue weighted by molar-refractivity contribution is 5.96. The van der Waals surface area contributed by atoms with Crippen LogP contribution in [0.5, 0.6) is 0 Å². The molecule has 0 spiro atoms. The van der Waals surface area contributed by atoms with Crippen molar-refractivity contribution in [3.05, 3.63) is 53.5 Å². The fraction of sp³-hybridized carbons (Fsp3) is 0.294. The SMILES string of the molecule is CCc1cc(Cn2ccc3cccc(C=O)c32)n(CC)n1. The first kappa shape index (κ1) is 13.6. The van der Waals surface area contributed by atoms with Gasteiger partial charge in [0.05, 0.1) is 23.4 Å². The second kappa shape index (κ2) is 5.56. The molecular weight excluding hydrogens is 262 g/mol. The lowest BCUT2D eigenvalue weighted by Gasteiger charge is -2.08. The number of carbonyl (C=O) groups excluding carboxylic acids is 1. The van der Waals surface area contributed by atoms with Crippen LogP contribution in [-0.2, 0) is 19.5 Å². The maximum absolute atomic E-state index is 11.3. The first-order valence-electron chi connectivity index (χ1n) is 7.35. The molecule has 3 rings (SSSR count). The van der Waals surface area contributed by atoms with Gasteiger partial charge in [0, 0.05) is 23.7 Å². The molecule has 0 aliphatic rings. The van der Waals surface area contributed by atoms with Gasteiger partial charge in [-0.2, -0.15) is 5.10 Å². The third-order valence-corrected chi connectivity index (χ3v) is 3.85. The largest absolute Gasteiger partial charge is 0.341 e. The molecule has 0 amide bonds. The second-order valence-electron chi connectivity index (χ2n) is 5.14. The Morgan fingerprint density at radius 2 is 2.10 bits per heavy atom. The zero-order valence-electron chi connectivity index (χ0n) is 12.4. The highest BCUT2D eigenvalue weighted by Crippen LogP contribution is 2.21. The lowest BCUT2D eigenvalue weighted by molar-refractivity contribution is 0.112. The van der Waals surface area contributed by atoms with Crippen LogP contribution in [0.1, 0.15) is 35.6 Å². The number of carbonyl (C=O) groups is 1. The van der Waals surface area contributed by atoms with Crippen LogP contribution in [0.15, 0.2) is 36.5 Å². The Morgan fingerprint density at radius 3 is 2.81 bits per heavy atom.